The number of nitrogens with two attached hydrogens (primary N) is 1. The van der Waals surface area contributed by atoms with Gasteiger partial charge >= 0.3 is 0 Å². The number of rotatable bonds is 5. The molecule has 2 heterocycles. The van der Waals surface area contributed by atoms with Crippen molar-refractivity contribution in [1.29, 1.82) is 0 Å². The first-order valence-corrected chi connectivity index (χ1v) is 8.08. The van der Waals surface area contributed by atoms with Crippen LogP contribution in [0, 0.1) is 0 Å². The third-order valence-corrected chi connectivity index (χ3v) is 4.29. The number of nitrogen functional groups attached to an aromatic ring is 1. The van der Waals surface area contributed by atoms with Gasteiger partial charge in [0.05, 0.1) is 18.2 Å². The van der Waals surface area contributed by atoms with Crippen LogP contribution in [0.3, 0.4) is 0 Å². The Morgan fingerprint density at radius 3 is 2.95 bits per heavy atom. The van der Waals surface area contributed by atoms with Gasteiger partial charge in [0.15, 0.2) is 0 Å². The van der Waals surface area contributed by atoms with E-state index < -0.39 is 0 Å². The van der Waals surface area contributed by atoms with Gasteiger partial charge in [-0.3, -0.25) is 0 Å². The molecule has 3 aromatic rings. The maximum atomic E-state index is 6.16. The summed E-state index contributed by atoms with van der Waals surface area (Å²) in [6.45, 7) is 4.91. The summed E-state index contributed by atoms with van der Waals surface area (Å²) < 4.78 is 7.84. The van der Waals surface area contributed by atoms with E-state index in [1.165, 1.54) is 5.56 Å². The van der Waals surface area contributed by atoms with E-state index in [1.807, 2.05) is 18.2 Å². The molecular formula is C16H19N3OS. The van der Waals surface area contributed by atoms with E-state index in [0.717, 1.165) is 23.2 Å². The Bertz CT molecular complexity index is 733. The highest BCUT2D eigenvalue weighted by atomic mass is 32.1. The monoisotopic (exact) mass is 301 g/mol. The fraction of sp³-hybridized carbons (Fsp3) is 0.312. The maximum absolute atomic E-state index is 6.16. The van der Waals surface area contributed by atoms with Crippen molar-refractivity contribution < 1.29 is 4.74 Å². The van der Waals surface area contributed by atoms with Crippen molar-refractivity contribution in [1.82, 2.24) is 9.55 Å². The van der Waals surface area contributed by atoms with Crippen LogP contribution in [0.25, 0.3) is 11.0 Å². The summed E-state index contributed by atoms with van der Waals surface area (Å²) in [4.78, 5) is 4.52. The number of nitrogens with zero attached hydrogens (tertiary/aromatic N) is 2. The molecule has 1 unspecified atom stereocenters. The average Bonchev–Trinajstić information content (AvgIpc) is 3.11. The minimum Gasteiger partial charge on any atom is -0.491 e. The largest absolute Gasteiger partial charge is 0.491 e. The van der Waals surface area contributed by atoms with E-state index in [-0.39, 0.29) is 6.04 Å². The van der Waals surface area contributed by atoms with Crippen molar-refractivity contribution in [2.24, 2.45) is 0 Å². The molecule has 0 spiro atoms. The predicted octanol–water partition coefficient (Wildman–Crippen LogP) is 4.08. The molecule has 0 aliphatic rings. The normalized spacial score (nSPS) is 12.7. The lowest BCUT2D eigenvalue weighted by Gasteiger charge is -2.15. The smallest absolute Gasteiger partial charge is 0.201 e. The van der Waals surface area contributed by atoms with Crippen LogP contribution in [0.4, 0.5) is 5.95 Å². The Hall–Kier alpha value is -2.01. The number of imidazole rings is 1. The van der Waals surface area contributed by atoms with E-state index >= 15 is 0 Å². The summed E-state index contributed by atoms with van der Waals surface area (Å²) in [6, 6.07) is 8.26. The third kappa shape index (κ3) is 2.49. The molecular weight excluding hydrogens is 282 g/mol. The van der Waals surface area contributed by atoms with Gasteiger partial charge in [0.25, 0.3) is 0 Å². The van der Waals surface area contributed by atoms with Crippen molar-refractivity contribution in [3.8, 4) is 5.75 Å². The van der Waals surface area contributed by atoms with Gasteiger partial charge in [0, 0.05) is 0 Å². The molecule has 2 aromatic heterocycles. The van der Waals surface area contributed by atoms with Gasteiger partial charge in [0.2, 0.25) is 5.95 Å². The lowest BCUT2D eigenvalue weighted by molar-refractivity contribution is 0.320. The molecule has 0 aliphatic carbocycles. The van der Waals surface area contributed by atoms with Crippen molar-refractivity contribution in [2.45, 2.75) is 26.3 Å². The second-order valence-corrected chi connectivity index (χ2v) is 5.83. The first kappa shape index (κ1) is 13.9. The van der Waals surface area contributed by atoms with Gasteiger partial charge in [-0.05, 0) is 47.9 Å². The quantitative estimate of drug-likeness (QED) is 0.772. The summed E-state index contributed by atoms with van der Waals surface area (Å²) in [5.74, 6) is 1.33. The van der Waals surface area contributed by atoms with Gasteiger partial charge in [-0.1, -0.05) is 13.0 Å². The molecule has 5 heteroatoms. The number of benzene rings is 1. The first-order chi connectivity index (χ1) is 10.2. The topological polar surface area (TPSA) is 53.1 Å². The van der Waals surface area contributed by atoms with Gasteiger partial charge in [0.1, 0.15) is 11.3 Å². The minimum absolute atomic E-state index is 0.155. The molecule has 21 heavy (non-hydrogen) atoms. The van der Waals surface area contributed by atoms with E-state index in [0.29, 0.717) is 12.6 Å². The Kier molecular flexibility index (Phi) is 3.84. The molecule has 3 rings (SSSR count). The first-order valence-electron chi connectivity index (χ1n) is 7.13. The zero-order chi connectivity index (χ0) is 14.8. The standard InChI is InChI=1S/C16H19N3OS/c1-3-8-20-14-6-4-5-13-15(14)18-16(17)19(13)11(2)12-7-9-21-10-12/h4-7,9-11H,3,8H2,1-2H3,(H2,17,18). The molecule has 0 aliphatic heterocycles. The molecule has 0 saturated carbocycles. The fourth-order valence-corrected chi connectivity index (χ4v) is 3.25. The highest BCUT2D eigenvalue weighted by Gasteiger charge is 2.18. The second kappa shape index (κ2) is 5.77. The SMILES string of the molecule is CCCOc1cccc2c1nc(N)n2C(C)c1ccsc1. The highest BCUT2D eigenvalue weighted by molar-refractivity contribution is 7.07. The lowest BCUT2D eigenvalue weighted by Crippen LogP contribution is -2.09. The molecule has 2 N–H and O–H groups in total. The van der Waals surface area contributed by atoms with E-state index in [1.54, 1.807) is 11.3 Å². The van der Waals surface area contributed by atoms with Crippen LogP contribution in [0.5, 0.6) is 5.75 Å². The second-order valence-electron chi connectivity index (χ2n) is 5.05. The van der Waals surface area contributed by atoms with Crippen LogP contribution in [-0.4, -0.2) is 16.2 Å². The number of fused-ring (bicyclic) bond motifs is 1. The molecule has 0 fully saturated rings. The number of para-hydroxylation sites is 1. The number of anilines is 1. The number of aromatic nitrogens is 2. The lowest BCUT2D eigenvalue weighted by atomic mass is 10.1. The number of ether oxygens (including phenoxy) is 1. The number of hydrogen-bond donors (Lipinski definition) is 1. The van der Waals surface area contributed by atoms with Crippen LogP contribution in [-0.2, 0) is 0 Å². The number of thiophene rings is 1. The molecule has 0 saturated heterocycles. The summed E-state index contributed by atoms with van der Waals surface area (Å²) in [5.41, 5.74) is 9.25. The van der Waals surface area contributed by atoms with Gasteiger partial charge in [-0.2, -0.15) is 11.3 Å². The van der Waals surface area contributed by atoms with E-state index in [9.17, 15) is 0 Å². The van der Waals surface area contributed by atoms with Crippen LogP contribution in [0.15, 0.2) is 35.0 Å². The molecule has 1 aromatic carbocycles. The summed E-state index contributed by atoms with van der Waals surface area (Å²) in [7, 11) is 0. The zero-order valence-corrected chi connectivity index (χ0v) is 13.1. The van der Waals surface area contributed by atoms with Gasteiger partial charge in [-0.25, -0.2) is 4.98 Å². The Labute approximate surface area is 128 Å². The molecule has 0 amide bonds. The predicted molar refractivity (Wildman–Crippen MR) is 88.1 cm³/mol. The summed E-state index contributed by atoms with van der Waals surface area (Å²) >= 11 is 1.69. The van der Waals surface area contributed by atoms with Crippen molar-refractivity contribution in [3.63, 3.8) is 0 Å². The van der Waals surface area contributed by atoms with Crippen LogP contribution >= 0.6 is 11.3 Å². The molecule has 0 radical (unpaired) electrons. The minimum atomic E-state index is 0.155. The van der Waals surface area contributed by atoms with Crippen LogP contribution < -0.4 is 10.5 Å². The molecule has 110 valence electrons. The molecule has 1 atom stereocenters. The zero-order valence-electron chi connectivity index (χ0n) is 12.2. The Morgan fingerprint density at radius 1 is 1.38 bits per heavy atom. The van der Waals surface area contributed by atoms with E-state index in [2.05, 4.69) is 40.2 Å². The average molecular weight is 301 g/mol. The fourth-order valence-electron chi connectivity index (χ4n) is 2.51. The van der Waals surface area contributed by atoms with Crippen molar-refractivity contribution >= 4 is 28.3 Å². The third-order valence-electron chi connectivity index (χ3n) is 3.58. The van der Waals surface area contributed by atoms with Crippen molar-refractivity contribution in [3.05, 3.63) is 40.6 Å². The molecule has 4 nitrogen and oxygen atoms in total. The van der Waals surface area contributed by atoms with Gasteiger partial charge < -0.3 is 15.0 Å². The molecule has 0 bridgehead atoms. The number of hydrogen-bond acceptors (Lipinski definition) is 4. The van der Waals surface area contributed by atoms with Crippen LogP contribution in [0.1, 0.15) is 31.9 Å². The van der Waals surface area contributed by atoms with Crippen molar-refractivity contribution in [2.75, 3.05) is 12.3 Å². The van der Waals surface area contributed by atoms with Crippen LogP contribution in [0.2, 0.25) is 0 Å². The van der Waals surface area contributed by atoms with E-state index in [4.69, 9.17) is 10.5 Å². The summed E-state index contributed by atoms with van der Waals surface area (Å²) in [5, 5.41) is 4.23. The highest BCUT2D eigenvalue weighted by Crippen LogP contribution is 2.32. The Morgan fingerprint density at radius 2 is 2.24 bits per heavy atom. The maximum Gasteiger partial charge on any atom is 0.201 e. The summed E-state index contributed by atoms with van der Waals surface area (Å²) in [6.07, 6.45) is 0.970. The Balaban J connectivity index is 2.09. The van der Waals surface area contributed by atoms with Gasteiger partial charge in [-0.15, -0.1) is 0 Å².